The largest absolute Gasteiger partial charge is 0.468 e. The molecule has 4 heterocycles. The third-order valence-corrected chi connectivity index (χ3v) is 5.86. The molecule has 0 aromatic carbocycles. The predicted molar refractivity (Wildman–Crippen MR) is 98.5 cm³/mol. The summed E-state index contributed by atoms with van der Waals surface area (Å²) in [5, 5.41) is 0. The first-order valence-electron chi connectivity index (χ1n) is 9.69. The molecule has 2 saturated heterocycles. The SMILES string of the molecule is c1cncc(COCCC2CCOC23CCN(Cc2ccco2)CC3)c1. The van der Waals surface area contributed by atoms with Gasteiger partial charge >= 0.3 is 0 Å². The number of furan rings is 1. The van der Waals surface area contributed by atoms with Crippen LogP contribution in [0.25, 0.3) is 0 Å². The van der Waals surface area contributed by atoms with Crippen molar-refractivity contribution in [2.75, 3.05) is 26.3 Å². The maximum absolute atomic E-state index is 6.28. The Balaban J connectivity index is 1.23. The van der Waals surface area contributed by atoms with E-state index in [1.165, 1.54) is 0 Å². The van der Waals surface area contributed by atoms with Crippen LogP contribution in [-0.2, 0) is 22.6 Å². The van der Waals surface area contributed by atoms with Gasteiger partial charge < -0.3 is 13.9 Å². The third kappa shape index (κ3) is 4.17. The predicted octanol–water partition coefficient (Wildman–Crippen LogP) is 3.65. The lowest BCUT2D eigenvalue weighted by atomic mass is 9.78. The number of pyridine rings is 1. The van der Waals surface area contributed by atoms with E-state index < -0.39 is 0 Å². The molecule has 5 heteroatoms. The van der Waals surface area contributed by atoms with Gasteiger partial charge in [-0.2, -0.15) is 0 Å². The second-order valence-electron chi connectivity index (χ2n) is 7.46. The Bertz CT molecular complexity index is 651. The molecule has 5 nitrogen and oxygen atoms in total. The maximum Gasteiger partial charge on any atom is 0.117 e. The molecule has 1 unspecified atom stereocenters. The smallest absolute Gasteiger partial charge is 0.117 e. The van der Waals surface area contributed by atoms with Crippen molar-refractivity contribution in [1.82, 2.24) is 9.88 Å². The van der Waals surface area contributed by atoms with E-state index in [-0.39, 0.29) is 5.60 Å². The van der Waals surface area contributed by atoms with Crippen LogP contribution >= 0.6 is 0 Å². The Kier molecular flexibility index (Phi) is 5.68. The molecule has 2 aliphatic rings. The number of piperidine rings is 1. The molecule has 2 aliphatic heterocycles. The van der Waals surface area contributed by atoms with E-state index in [4.69, 9.17) is 13.9 Å². The summed E-state index contributed by atoms with van der Waals surface area (Å²) in [6, 6.07) is 8.03. The Morgan fingerprint density at radius 1 is 1.23 bits per heavy atom. The first-order chi connectivity index (χ1) is 12.8. The van der Waals surface area contributed by atoms with Crippen LogP contribution in [0.2, 0.25) is 0 Å². The monoisotopic (exact) mass is 356 g/mol. The number of rotatable bonds is 7. The van der Waals surface area contributed by atoms with Gasteiger partial charge in [0.25, 0.3) is 0 Å². The molecule has 4 rings (SSSR count). The fraction of sp³-hybridized carbons (Fsp3) is 0.571. The summed E-state index contributed by atoms with van der Waals surface area (Å²) < 4.78 is 17.6. The van der Waals surface area contributed by atoms with E-state index in [0.717, 1.165) is 69.9 Å². The van der Waals surface area contributed by atoms with Crippen molar-refractivity contribution < 1.29 is 13.9 Å². The Morgan fingerprint density at radius 2 is 2.15 bits per heavy atom. The first kappa shape index (κ1) is 17.7. The second kappa shape index (κ2) is 8.33. The highest BCUT2D eigenvalue weighted by Gasteiger charge is 2.45. The van der Waals surface area contributed by atoms with Crippen LogP contribution in [0.3, 0.4) is 0 Å². The van der Waals surface area contributed by atoms with E-state index >= 15 is 0 Å². The molecule has 1 spiro atoms. The Morgan fingerprint density at radius 3 is 2.92 bits per heavy atom. The molecule has 0 bridgehead atoms. The third-order valence-electron chi connectivity index (χ3n) is 5.86. The summed E-state index contributed by atoms with van der Waals surface area (Å²) in [5.74, 6) is 1.66. The molecular weight excluding hydrogens is 328 g/mol. The summed E-state index contributed by atoms with van der Waals surface area (Å²) in [6.07, 6.45) is 9.88. The van der Waals surface area contributed by atoms with Crippen molar-refractivity contribution in [1.29, 1.82) is 0 Å². The molecule has 0 aliphatic carbocycles. The summed E-state index contributed by atoms with van der Waals surface area (Å²) in [4.78, 5) is 6.61. The fourth-order valence-corrected chi connectivity index (χ4v) is 4.36. The van der Waals surface area contributed by atoms with Crippen molar-refractivity contribution in [3.63, 3.8) is 0 Å². The van der Waals surface area contributed by atoms with Crippen LogP contribution in [0.15, 0.2) is 47.3 Å². The van der Waals surface area contributed by atoms with Crippen molar-refractivity contribution in [2.24, 2.45) is 5.92 Å². The van der Waals surface area contributed by atoms with Gasteiger partial charge in [0.1, 0.15) is 5.76 Å². The lowest BCUT2D eigenvalue weighted by molar-refractivity contribution is -0.0740. The zero-order valence-corrected chi connectivity index (χ0v) is 15.3. The molecule has 0 N–H and O–H groups in total. The molecule has 1 atom stereocenters. The first-order valence-corrected chi connectivity index (χ1v) is 9.69. The number of hydrogen-bond donors (Lipinski definition) is 0. The lowest BCUT2D eigenvalue weighted by Gasteiger charge is -2.42. The van der Waals surface area contributed by atoms with Gasteiger partial charge in [0.2, 0.25) is 0 Å². The standard InChI is InChI=1S/C21H28N2O3/c1-3-18(15-22-9-1)17-24-13-5-19-6-14-26-21(19)7-10-23(11-8-21)16-20-4-2-12-25-20/h1-4,9,12,15,19H,5-8,10-11,13-14,16-17H2. The second-order valence-corrected chi connectivity index (χ2v) is 7.46. The normalized spacial score (nSPS) is 22.8. The van der Waals surface area contributed by atoms with Crippen LogP contribution in [0, 0.1) is 5.92 Å². The minimum atomic E-state index is 0.0668. The average Bonchev–Trinajstić information content (AvgIpc) is 3.32. The molecule has 2 fully saturated rings. The summed E-state index contributed by atoms with van der Waals surface area (Å²) >= 11 is 0. The number of likely N-dealkylation sites (tertiary alicyclic amines) is 1. The van der Waals surface area contributed by atoms with Gasteiger partial charge in [-0.25, -0.2) is 0 Å². The lowest BCUT2D eigenvalue weighted by Crippen LogP contribution is -2.47. The Hall–Kier alpha value is -1.69. The molecular formula is C21H28N2O3. The van der Waals surface area contributed by atoms with Crippen molar-refractivity contribution in [2.45, 2.75) is 44.4 Å². The number of nitrogens with zero attached hydrogens (tertiary/aromatic N) is 2. The van der Waals surface area contributed by atoms with Crippen LogP contribution < -0.4 is 0 Å². The van der Waals surface area contributed by atoms with Crippen LogP contribution in [0.4, 0.5) is 0 Å². The summed E-state index contributed by atoms with van der Waals surface area (Å²) in [6.45, 7) is 5.39. The van der Waals surface area contributed by atoms with Gasteiger partial charge in [-0.15, -0.1) is 0 Å². The molecule has 140 valence electrons. The van der Waals surface area contributed by atoms with Crippen LogP contribution in [0.5, 0.6) is 0 Å². The van der Waals surface area contributed by atoms with E-state index in [1.807, 2.05) is 18.3 Å². The molecule has 0 radical (unpaired) electrons. The Labute approximate surface area is 155 Å². The van der Waals surface area contributed by atoms with Crippen molar-refractivity contribution in [3.05, 3.63) is 54.2 Å². The number of ether oxygens (including phenoxy) is 2. The topological polar surface area (TPSA) is 47.7 Å². The number of hydrogen-bond acceptors (Lipinski definition) is 5. The fourth-order valence-electron chi connectivity index (χ4n) is 4.36. The zero-order chi connectivity index (χ0) is 17.7. The molecule has 2 aromatic rings. The highest BCUT2D eigenvalue weighted by Crippen LogP contribution is 2.42. The van der Waals surface area contributed by atoms with Gasteiger partial charge in [-0.05, 0) is 55.4 Å². The van der Waals surface area contributed by atoms with Gasteiger partial charge in [-0.3, -0.25) is 9.88 Å². The van der Waals surface area contributed by atoms with Crippen LogP contribution in [0.1, 0.15) is 37.0 Å². The molecule has 2 aromatic heterocycles. The highest BCUT2D eigenvalue weighted by molar-refractivity contribution is 5.06. The van der Waals surface area contributed by atoms with E-state index in [0.29, 0.717) is 12.5 Å². The van der Waals surface area contributed by atoms with Gasteiger partial charge in [0, 0.05) is 38.7 Å². The van der Waals surface area contributed by atoms with Gasteiger partial charge in [0.15, 0.2) is 0 Å². The zero-order valence-electron chi connectivity index (χ0n) is 15.3. The van der Waals surface area contributed by atoms with Crippen molar-refractivity contribution >= 4 is 0 Å². The van der Waals surface area contributed by atoms with Gasteiger partial charge in [-0.1, -0.05) is 6.07 Å². The number of aromatic nitrogens is 1. The highest BCUT2D eigenvalue weighted by atomic mass is 16.5. The maximum atomic E-state index is 6.28. The minimum absolute atomic E-state index is 0.0668. The van der Waals surface area contributed by atoms with Gasteiger partial charge in [0.05, 0.1) is 25.0 Å². The quantitative estimate of drug-likeness (QED) is 0.709. The molecule has 0 saturated carbocycles. The molecule has 0 amide bonds. The van der Waals surface area contributed by atoms with E-state index in [2.05, 4.69) is 22.0 Å². The summed E-state index contributed by atoms with van der Waals surface area (Å²) in [7, 11) is 0. The average molecular weight is 356 g/mol. The van der Waals surface area contributed by atoms with Crippen molar-refractivity contribution in [3.8, 4) is 0 Å². The minimum Gasteiger partial charge on any atom is -0.468 e. The molecule has 26 heavy (non-hydrogen) atoms. The van der Waals surface area contributed by atoms with E-state index in [1.54, 1.807) is 12.5 Å². The van der Waals surface area contributed by atoms with E-state index in [9.17, 15) is 0 Å². The van der Waals surface area contributed by atoms with Crippen LogP contribution in [-0.4, -0.2) is 41.8 Å². The summed E-state index contributed by atoms with van der Waals surface area (Å²) in [5.41, 5.74) is 1.20.